The van der Waals surface area contributed by atoms with Crippen molar-refractivity contribution in [1.82, 2.24) is 0 Å². The summed E-state index contributed by atoms with van der Waals surface area (Å²) in [5, 5.41) is 0. The number of anilines is 1. The SMILES string of the molecule is COc1cc(N2C(N)=NC(N)=NC23CCCCC3)ccc1OC1COC1. The Kier molecular flexibility index (Phi) is 4.36. The van der Waals surface area contributed by atoms with Crippen LogP contribution >= 0.6 is 0 Å². The molecule has 2 aliphatic heterocycles. The van der Waals surface area contributed by atoms with Crippen LogP contribution in [-0.2, 0) is 4.74 Å². The topological polar surface area (TPSA) is 108 Å². The zero-order valence-corrected chi connectivity index (χ0v) is 15.0. The zero-order valence-electron chi connectivity index (χ0n) is 15.0. The lowest BCUT2D eigenvalue weighted by Crippen LogP contribution is -2.58. The number of aliphatic imine (C=N–C) groups is 2. The van der Waals surface area contributed by atoms with Crippen LogP contribution in [0.4, 0.5) is 5.69 Å². The molecule has 26 heavy (non-hydrogen) atoms. The van der Waals surface area contributed by atoms with Gasteiger partial charge in [-0.15, -0.1) is 0 Å². The van der Waals surface area contributed by atoms with E-state index in [-0.39, 0.29) is 12.1 Å². The van der Waals surface area contributed by atoms with E-state index in [1.807, 2.05) is 23.1 Å². The number of ether oxygens (including phenoxy) is 3. The Morgan fingerprint density at radius 2 is 1.92 bits per heavy atom. The molecule has 1 aromatic carbocycles. The lowest BCUT2D eigenvalue weighted by Gasteiger charge is -2.45. The van der Waals surface area contributed by atoms with Gasteiger partial charge in [-0.2, -0.15) is 4.99 Å². The van der Waals surface area contributed by atoms with Gasteiger partial charge in [-0.1, -0.05) is 6.42 Å². The Morgan fingerprint density at radius 1 is 1.15 bits per heavy atom. The van der Waals surface area contributed by atoms with Crippen molar-refractivity contribution in [1.29, 1.82) is 0 Å². The molecule has 3 aliphatic rings. The van der Waals surface area contributed by atoms with Crippen molar-refractivity contribution in [2.24, 2.45) is 21.5 Å². The molecule has 4 N–H and O–H groups in total. The second-order valence-electron chi connectivity index (χ2n) is 6.93. The van der Waals surface area contributed by atoms with Gasteiger partial charge >= 0.3 is 0 Å². The normalized spacial score (nSPS) is 22.4. The van der Waals surface area contributed by atoms with Crippen LogP contribution in [0.25, 0.3) is 0 Å². The summed E-state index contributed by atoms with van der Waals surface area (Å²) in [5.41, 5.74) is 12.6. The number of hydrogen-bond acceptors (Lipinski definition) is 8. The van der Waals surface area contributed by atoms with Gasteiger partial charge in [0.25, 0.3) is 0 Å². The first-order valence-electron chi connectivity index (χ1n) is 9.03. The van der Waals surface area contributed by atoms with Gasteiger partial charge in [-0.05, 0) is 37.8 Å². The van der Waals surface area contributed by atoms with Crippen molar-refractivity contribution < 1.29 is 14.2 Å². The zero-order chi connectivity index (χ0) is 18.1. The average Bonchev–Trinajstić information content (AvgIpc) is 2.58. The molecule has 2 heterocycles. The highest BCUT2D eigenvalue weighted by Crippen LogP contribution is 2.42. The smallest absolute Gasteiger partial charge is 0.220 e. The van der Waals surface area contributed by atoms with Crippen LogP contribution < -0.4 is 25.8 Å². The molecule has 1 saturated heterocycles. The monoisotopic (exact) mass is 359 g/mol. The van der Waals surface area contributed by atoms with Crippen LogP contribution in [0.5, 0.6) is 11.5 Å². The molecule has 0 unspecified atom stereocenters. The molecule has 1 saturated carbocycles. The van der Waals surface area contributed by atoms with Gasteiger partial charge in [0.1, 0.15) is 11.8 Å². The number of rotatable bonds is 4. The van der Waals surface area contributed by atoms with Crippen molar-refractivity contribution in [2.45, 2.75) is 43.9 Å². The molecule has 0 bridgehead atoms. The van der Waals surface area contributed by atoms with E-state index >= 15 is 0 Å². The van der Waals surface area contributed by atoms with Gasteiger partial charge in [0.15, 0.2) is 11.5 Å². The van der Waals surface area contributed by atoms with Crippen molar-refractivity contribution in [3.05, 3.63) is 18.2 Å². The summed E-state index contributed by atoms with van der Waals surface area (Å²) in [6.07, 6.45) is 5.22. The van der Waals surface area contributed by atoms with E-state index < -0.39 is 5.66 Å². The third-order valence-electron chi connectivity index (χ3n) is 5.16. The Hall–Kier alpha value is -2.48. The summed E-state index contributed by atoms with van der Waals surface area (Å²) >= 11 is 0. The third kappa shape index (κ3) is 2.94. The van der Waals surface area contributed by atoms with E-state index in [2.05, 4.69) is 4.99 Å². The summed E-state index contributed by atoms with van der Waals surface area (Å²) in [6.45, 7) is 1.21. The maximum Gasteiger partial charge on any atom is 0.220 e. The summed E-state index contributed by atoms with van der Waals surface area (Å²) in [7, 11) is 1.63. The molecule has 8 nitrogen and oxygen atoms in total. The highest BCUT2D eigenvalue weighted by atomic mass is 16.6. The number of benzene rings is 1. The molecule has 0 radical (unpaired) electrons. The lowest BCUT2D eigenvalue weighted by molar-refractivity contribution is -0.0803. The second-order valence-corrected chi connectivity index (χ2v) is 6.93. The minimum Gasteiger partial charge on any atom is -0.493 e. The molecule has 0 aromatic heterocycles. The first-order chi connectivity index (χ1) is 12.6. The first kappa shape index (κ1) is 17.0. The van der Waals surface area contributed by atoms with Crippen LogP contribution in [0.15, 0.2) is 28.2 Å². The highest BCUT2D eigenvalue weighted by molar-refractivity contribution is 6.05. The van der Waals surface area contributed by atoms with Crippen LogP contribution in [0.3, 0.4) is 0 Å². The van der Waals surface area contributed by atoms with Crippen molar-refractivity contribution >= 4 is 17.6 Å². The van der Waals surface area contributed by atoms with Gasteiger partial charge in [0.2, 0.25) is 11.9 Å². The predicted octanol–water partition coefficient (Wildman–Crippen LogP) is 1.58. The summed E-state index contributed by atoms with van der Waals surface area (Å²) in [6, 6.07) is 5.79. The molecule has 0 amide bonds. The highest BCUT2D eigenvalue weighted by Gasteiger charge is 2.42. The second kappa shape index (κ2) is 6.68. The molecule has 1 spiro atoms. The summed E-state index contributed by atoms with van der Waals surface area (Å²) in [5.74, 6) is 1.95. The van der Waals surface area contributed by atoms with Gasteiger partial charge in [0, 0.05) is 6.07 Å². The van der Waals surface area contributed by atoms with Gasteiger partial charge in [-0.25, -0.2) is 4.99 Å². The third-order valence-corrected chi connectivity index (χ3v) is 5.16. The molecule has 140 valence electrons. The fourth-order valence-electron chi connectivity index (χ4n) is 3.85. The molecular weight excluding hydrogens is 334 g/mol. The minimum absolute atomic E-state index is 0.0745. The summed E-state index contributed by atoms with van der Waals surface area (Å²) < 4.78 is 16.6. The van der Waals surface area contributed by atoms with Crippen LogP contribution in [0.1, 0.15) is 32.1 Å². The molecule has 8 heteroatoms. The quantitative estimate of drug-likeness (QED) is 0.845. The van der Waals surface area contributed by atoms with Crippen LogP contribution in [0, 0.1) is 0 Å². The largest absolute Gasteiger partial charge is 0.493 e. The van der Waals surface area contributed by atoms with E-state index in [9.17, 15) is 0 Å². The number of nitrogens with zero attached hydrogens (tertiary/aromatic N) is 3. The molecule has 0 atom stereocenters. The fraction of sp³-hybridized carbons (Fsp3) is 0.556. The number of methoxy groups -OCH3 is 1. The maximum atomic E-state index is 6.27. The van der Waals surface area contributed by atoms with E-state index in [4.69, 9.17) is 30.7 Å². The Labute approximate surface area is 152 Å². The van der Waals surface area contributed by atoms with Gasteiger partial charge < -0.3 is 25.7 Å². The van der Waals surface area contributed by atoms with Crippen molar-refractivity contribution in [3.63, 3.8) is 0 Å². The van der Waals surface area contributed by atoms with Crippen LogP contribution in [0.2, 0.25) is 0 Å². The number of hydrogen-bond donors (Lipinski definition) is 2. The molecular formula is C18H25N5O3. The average molecular weight is 359 g/mol. The minimum atomic E-state index is -0.469. The van der Waals surface area contributed by atoms with Gasteiger partial charge in [0.05, 0.1) is 26.0 Å². The fourth-order valence-corrected chi connectivity index (χ4v) is 3.85. The molecule has 2 fully saturated rings. The predicted molar refractivity (Wildman–Crippen MR) is 99.8 cm³/mol. The van der Waals surface area contributed by atoms with E-state index in [1.54, 1.807) is 7.11 Å². The number of nitrogens with two attached hydrogens (primary N) is 2. The van der Waals surface area contributed by atoms with Crippen LogP contribution in [-0.4, -0.2) is 44.0 Å². The van der Waals surface area contributed by atoms with E-state index in [0.29, 0.717) is 30.7 Å². The summed E-state index contributed by atoms with van der Waals surface area (Å²) in [4.78, 5) is 10.9. The van der Waals surface area contributed by atoms with Crippen molar-refractivity contribution in [2.75, 3.05) is 25.2 Å². The molecule has 1 aliphatic carbocycles. The van der Waals surface area contributed by atoms with E-state index in [1.165, 1.54) is 6.42 Å². The van der Waals surface area contributed by atoms with Crippen molar-refractivity contribution in [3.8, 4) is 11.5 Å². The first-order valence-corrected chi connectivity index (χ1v) is 9.03. The lowest BCUT2D eigenvalue weighted by atomic mass is 9.87. The van der Waals surface area contributed by atoms with E-state index in [0.717, 1.165) is 31.4 Å². The Balaban J connectivity index is 1.69. The maximum absolute atomic E-state index is 6.27. The Bertz CT molecular complexity index is 738. The number of guanidine groups is 2. The van der Waals surface area contributed by atoms with Gasteiger partial charge in [-0.3, -0.25) is 4.90 Å². The standard InChI is InChI=1S/C18H25N5O3/c1-24-15-9-12(5-6-14(15)26-13-10-25-11-13)23-17(20)21-16(19)22-18(23)7-3-2-4-8-18/h5-6,9,13H,2-4,7-8,10-11H2,1H3,(H4,19,20,21,22). The molecule has 4 rings (SSSR count). The Morgan fingerprint density at radius 3 is 2.58 bits per heavy atom. The molecule has 1 aromatic rings.